The summed E-state index contributed by atoms with van der Waals surface area (Å²) < 4.78 is 67.9. The molecular weight excluding hydrogens is 441 g/mol. The molecule has 1 amide bonds. The summed E-state index contributed by atoms with van der Waals surface area (Å²) in [6, 6.07) is 6.02. The molecule has 174 valence electrons. The number of hydrogen-bond acceptors (Lipinski definition) is 3. The Balaban J connectivity index is 1.67. The lowest BCUT2D eigenvalue weighted by atomic mass is 9.85. The number of nitrogens with one attached hydrogen (secondary N) is 2. The Morgan fingerprint density at radius 3 is 2.16 bits per heavy atom. The fraction of sp³-hybridized carbons (Fsp3) is 0.435. The van der Waals surface area contributed by atoms with Crippen LogP contribution in [0.1, 0.15) is 62.8 Å². The number of amides is 1. The summed E-state index contributed by atoms with van der Waals surface area (Å²) in [4.78, 5) is 12.6. The Bertz CT molecular complexity index is 1140. The summed E-state index contributed by atoms with van der Waals surface area (Å²) in [6.45, 7) is 6.87. The molecule has 1 saturated carbocycles. The van der Waals surface area contributed by atoms with Crippen LogP contribution in [-0.2, 0) is 20.2 Å². The van der Waals surface area contributed by atoms with Gasteiger partial charge in [0.15, 0.2) is 0 Å². The van der Waals surface area contributed by atoms with Gasteiger partial charge in [0.25, 0.3) is 0 Å². The first kappa shape index (κ1) is 24.1. The van der Waals surface area contributed by atoms with E-state index in [0.29, 0.717) is 17.5 Å². The second-order valence-corrected chi connectivity index (χ2v) is 11.2. The molecule has 0 aliphatic heterocycles. The first-order valence-electron chi connectivity index (χ1n) is 10.2. The Kier molecular flexibility index (Phi) is 6.34. The largest absolute Gasteiger partial charge is 0.349 e. The van der Waals surface area contributed by atoms with Crippen molar-refractivity contribution in [3.63, 3.8) is 0 Å². The van der Waals surface area contributed by atoms with Gasteiger partial charge in [-0.1, -0.05) is 26.8 Å². The molecule has 2 aromatic rings. The van der Waals surface area contributed by atoms with Gasteiger partial charge >= 0.3 is 0 Å². The molecule has 0 saturated heterocycles. The molecule has 2 unspecified atom stereocenters. The minimum absolute atomic E-state index is 0.0207. The molecule has 5 nitrogen and oxygen atoms in total. The average molecular weight is 469 g/mol. The molecule has 1 aliphatic rings. The normalized spacial score (nSPS) is 19.4. The quantitative estimate of drug-likeness (QED) is 0.642. The predicted molar refractivity (Wildman–Crippen MR) is 117 cm³/mol. The summed E-state index contributed by atoms with van der Waals surface area (Å²) >= 11 is 0. The number of carbonyl (C=O) groups excluding carboxylic acids is 1. The third-order valence-electron chi connectivity index (χ3n) is 5.52. The number of halogens is 3. The van der Waals surface area contributed by atoms with Gasteiger partial charge in [-0.2, -0.15) is 0 Å². The average Bonchev–Trinajstić information content (AvgIpc) is 3.41. The van der Waals surface area contributed by atoms with Gasteiger partial charge in [0.05, 0.1) is 18.0 Å². The van der Waals surface area contributed by atoms with E-state index in [9.17, 15) is 26.4 Å². The highest BCUT2D eigenvalue weighted by molar-refractivity contribution is 7.92. The van der Waals surface area contributed by atoms with Crippen LogP contribution in [-0.4, -0.2) is 20.6 Å². The summed E-state index contributed by atoms with van der Waals surface area (Å²) in [5.74, 6) is -2.99. The number of hydrogen-bond donors (Lipinski definition) is 2. The number of anilines is 1. The van der Waals surface area contributed by atoms with Crippen molar-refractivity contribution in [2.75, 3.05) is 11.0 Å². The minimum Gasteiger partial charge on any atom is -0.349 e. The van der Waals surface area contributed by atoms with Gasteiger partial charge in [0, 0.05) is 11.5 Å². The van der Waals surface area contributed by atoms with E-state index in [2.05, 4.69) is 10.0 Å². The number of rotatable bonds is 6. The van der Waals surface area contributed by atoms with Crippen molar-refractivity contribution in [1.29, 1.82) is 0 Å². The maximum Gasteiger partial charge on any atom is 0.229 e. The van der Waals surface area contributed by atoms with Crippen LogP contribution in [0.15, 0.2) is 30.3 Å². The van der Waals surface area contributed by atoms with E-state index in [4.69, 9.17) is 0 Å². The Morgan fingerprint density at radius 2 is 1.66 bits per heavy atom. The molecule has 0 spiro atoms. The lowest BCUT2D eigenvalue weighted by Gasteiger charge is -2.21. The van der Waals surface area contributed by atoms with Crippen LogP contribution in [0.3, 0.4) is 0 Å². The summed E-state index contributed by atoms with van der Waals surface area (Å²) in [5.41, 5.74) is 0.0679. The number of benzene rings is 2. The number of carbonyl (C=O) groups is 1. The first-order chi connectivity index (χ1) is 14.7. The van der Waals surface area contributed by atoms with E-state index in [-0.39, 0.29) is 23.1 Å². The molecule has 32 heavy (non-hydrogen) atoms. The van der Waals surface area contributed by atoms with E-state index in [1.165, 1.54) is 24.3 Å². The molecule has 2 N–H and O–H groups in total. The molecule has 1 fully saturated rings. The second-order valence-electron chi connectivity index (χ2n) is 9.40. The molecule has 0 bridgehead atoms. The summed E-state index contributed by atoms with van der Waals surface area (Å²) in [7, 11) is -3.62. The SMILES string of the molecule is CC(NC(=O)[C@@H]1CC1c1cc(F)c(C(C)(C)C)c(F)c1)c1ccc(NS(C)(=O)=O)c(F)c1. The molecule has 3 rings (SSSR count). The van der Waals surface area contributed by atoms with Gasteiger partial charge in [-0.15, -0.1) is 0 Å². The van der Waals surface area contributed by atoms with Crippen LogP contribution < -0.4 is 10.0 Å². The zero-order chi connectivity index (χ0) is 24.0. The van der Waals surface area contributed by atoms with E-state index in [1.807, 2.05) is 0 Å². The topological polar surface area (TPSA) is 75.3 Å². The van der Waals surface area contributed by atoms with Gasteiger partial charge in [-0.05, 0) is 60.1 Å². The molecule has 0 heterocycles. The van der Waals surface area contributed by atoms with Gasteiger partial charge < -0.3 is 5.32 Å². The maximum atomic E-state index is 14.5. The molecule has 0 radical (unpaired) electrons. The second kappa shape index (κ2) is 8.42. The Morgan fingerprint density at radius 1 is 1.06 bits per heavy atom. The van der Waals surface area contributed by atoms with E-state index < -0.39 is 44.8 Å². The molecule has 9 heteroatoms. The van der Waals surface area contributed by atoms with Crippen LogP contribution in [0.4, 0.5) is 18.9 Å². The van der Waals surface area contributed by atoms with Gasteiger partial charge in [-0.3, -0.25) is 9.52 Å². The third kappa shape index (κ3) is 5.43. The zero-order valence-electron chi connectivity index (χ0n) is 18.6. The van der Waals surface area contributed by atoms with E-state index >= 15 is 0 Å². The first-order valence-corrected chi connectivity index (χ1v) is 12.1. The Hall–Kier alpha value is -2.55. The van der Waals surface area contributed by atoms with E-state index in [0.717, 1.165) is 12.3 Å². The molecule has 1 aliphatic carbocycles. The van der Waals surface area contributed by atoms with Crippen LogP contribution in [0.2, 0.25) is 0 Å². The molecule has 3 atom stereocenters. The molecule has 2 aromatic carbocycles. The fourth-order valence-electron chi connectivity index (χ4n) is 3.86. The maximum absolute atomic E-state index is 14.5. The van der Waals surface area contributed by atoms with Crippen molar-refractivity contribution in [2.24, 2.45) is 5.92 Å². The van der Waals surface area contributed by atoms with Crippen LogP contribution in [0.5, 0.6) is 0 Å². The monoisotopic (exact) mass is 468 g/mol. The van der Waals surface area contributed by atoms with Crippen LogP contribution in [0.25, 0.3) is 0 Å². The zero-order valence-corrected chi connectivity index (χ0v) is 19.4. The Labute approximate surface area is 186 Å². The highest BCUT2D eigenvalue weighted by atomic mass is 32.2. The van der Waals surface area contributed by atoms with Gasteiger partial charge in [-0.25, -0.2) is 21.6 Å². The smallest absolute Gasteiger partial charge is 0.229 e. The predicted octanol–water partition coefficient (Wildman–Crippen LogP) is 4.75. The van der Waals surface area contributed by atoms with Crippen molar-refractivity contribution >= 4 is 21.6 Å². The summed E-state index contributed by atoms with van der Waals surface area (Å²) in [5, 5.41) is 2.79. The lowest BCUT2D eigenvalue weighted by molar-refractivity contribution is -0.123. The minimum atomic E-state index is -3.62. The highest BCUT2D eigenvalue weighted by Gasteiger charge is 2.45. The van der Waals surface area contributed by atoms with E-state index in [1.54, 1.807) is 27.7 Å². The van der Waals surface area contributed by atoms with Crippen molar-refractivity contribution in [2.45, 2.75) is 51.5 Å². The highest BCUT2D eigenvalue weighted by Crippen LogP contribution is 2.48. The van der Waals surface area contributed by atoms with Crippen LogP contribution in [0, 0.1) is 23.4 Å². The lowest BCUT2D eigenvalue weighted by Crippen LogP contribution is -2.28. The van der Waals surface area contributed by atoms with Crippen LogP contribution >= 0.6 is 0 Å². The van der Waals surface area contributed by atoms with Crippen molar-refractivity contribution in [3.8, 4) is 0 Å². The fourth-order valence-corrected chi connectivity index (χ4v) is 4.43. The molecule has 0 aromatic heterocycles. The van der Waals surface area contributed by atoms with Crippen molar-refractivity contribution < 1.29 is 26.4 Å². The van der Waals surface area contributed by atoms with Crippen molar-refractivity contribution in [3.05, 3.63) is 64.5 Å². The third-order valence-corrected chi connectivity index (χ3v) is 6.11. The summed E-state index contributed by atoms with van der Waals surface area (Å²) in [6.07, 6.45) is 1.39. The van der Waals surface area contributed by atoms with Crippen molar-refractivity contribution in [1.82, 2.24) is 5.32 Å². The van der Waals surface area contributed by atoms with Gasteiger partial charge in [0.2, 0.25) is 15.9 Å². The molecular formula is C23H27F3N2O3S. The van der Waals surface area contributed by atoms with Gasteiger partial charge in [0.1, 0.15) is 17.5 Å². The standard InChI is InChI=1S/C23H27F3N2O3S/c1-12(13-6-7-20(17(24)8-13)28-32(5,30)31)27-22(29)16-11-15(16)14-9-18(25)21(19(26)10-14)23(2,3)4/h6-10,12,15-16,28H,11H2,1-5H3,(H,27,29)/t12?,15?,16-/m1/s1. The number of sulfonamides is 1.